The molecule has 5 heteroatoms. The number of nitrogens with one attached hydrogen (secondary N) is 1. The number of likely N-dealkylation sites (tertiary alicyclic amines) is 1. The summed E-state index contributed by atoms with van der Waals surface area (Å²) in [6.07, 6.45) is 2.32. The van der Waals surface area contributed by atoms with Crippen molar-refractivity contribution in [2.75, 3.05) is 20.1 Å². The third kappa shape index (κ3) is 3.08. The van der Waals surface area contributed by atoms with Gasteiger partial charge in [-0.2, -0.15) is 0 Å². The second kappa shape index (κ2) is 5.33. The second-order valence-corrected chi connectivity index (χ2v) is 4.45. The van der Waals surface area contributed by atoms with Crippen LogP contribution in [0.25, 0.3) is 0 Å². The standard InChI is InChI=1S/C12H18N2O3/c1-14-8-9(4-5-12(14)16)13-7-10(15)11-3-2-6-17-11/h2-3,6,9-10,13,15H,4-5,7-8H2,1H3. The maximum absolute atomic E-state index is 11.3. The van der Waals surface area contributed by atoms with Crippen molar-refractivity contribution in [2.24, 2.45) is 0 Å². The quantitative estimate of drug-likeness (QED) is 0.802. The van der Waals surface area contributed by atoms with E-state index in [9.17, 15) is 9.90 Å². The first-order chi connectivity index (χ1) is 8.16. The Balaban J connectivity index is 1.77. The molecule has 1 aliphatic rings. The predicted octanol–water partition coefficient (Wildman–Crippen LogP) is 0.523. The van der Waals surface area contributed by atoms with Gasteiger partial charge >= 0.3 is 0 Å². The highest BCUT2D eigenvalue weighted by Crippen LogP contribution is 2.14. The van der Waals surface area contributed by atoms with Gasteiger partial charge in [-0.15, -0.1) is 0 Å². The summed E-state index contributed by atoms with van der Waals surface area (Å²) in [6.45, 7) is 1.14. The molecule has 94 valence electrons. The van der Waals surface area contributed by atoms with E-state index in [-0.39, 0.29) is 11.9 Å². The van der Waals surface area contributed by atoms with Gasteiger partial charge in [0, 0.05) is 32.6 Å². The second-order valence-electron chi connectivity index (χ2n) is 4.45. The van der Waals surface area contributed by atoms with Crippen LogP contribution in [0.3, 0.4) is 0 Å². The molecule has 1 aromatic heterocycles. The first-order valence-electron chi connectivity index (χ1n) is 5.85. The number of furan rings is 1. The monoisotopic (exact) mass is 238 g/mol. The first kappa shape index (κ1) is 12.1. The SMILES string of the molecule is CN1CC(NCC(O)c2ccco2)CCC1=O. The highest BCUT2D eigenvalue weighted by atomic mass is 16.4. The van der Waals surface area contributed by atoms with E-state index < -0.39 is 6.10 Å². The van der Waals surface area contributed by atoms with Gasteiger partial charge in [0.15, 0.2) is 0 Å². The van der Waals surface area contributed by atoms with Gasteiger partial charge in [0.2, 0.25) is 5.91 Å². The molecule has 2 N–H and O–H groups in total. The molecule has 17 heavy (non-hydrogen) atoms. The van der Waals surface area contributed by atoms with E-state index in [1.807, 2.05) is 0 Å². The molecule has 2 atom stereocenters. The Kier molecular flexibility index (Phi) is 3.81. The normalized spacial score (nSPS) is 22.8. The lowest BCUT2D eigenvalue weighted by atomic mass is 10.1. The van der Waals surface area contributed by atoms with Crippen LogP contribution in [-0.4, -0.2) is 42.1 Å². The molecule has 1 amide bonds. The van der Waals surface area contributed by atoms with Crippen LogP contribution in [0.1, 0.15) is 24.7 Å². The maximum atomic E-state index is 11.3. The molecule has 1 saturated heterocycles. The summed E-state index contributed by atoms with van der Waals surface area (Å²) in [5, 5.41) is 13.1. The van der Waals surface area contributed by atoms with Crippen molar-refractivity contribution in [3.8, 4) is 0 Å². The minimum Gasteiger partial charge on any atom is -0.467 e. The fraction of sp³-hybridized carbons (Fsp3) is 0.583. The van der Waals surface area contributed by atoms with Crippen LogP contribution in [0.4, 0.5) is 0 Å². The molecule has 0 spiro atoms. The summed E-state index contributed by atoms with van der Waals surface area (Å²) in [5.74, 6) is 0.757. The topological polar surface area (TPSA) is 65.7 Å². The van der Waals surface area contributed by atoms with Crippen LogP contribution >= 0.6 is 0 Å². The van der Waals surface area contributed by atoms with Gasteiger partial charge < -0.3 is 19.7 Å². The predicted molar refractivity (Wildman–Crippen MR) is 62.3 cm³/mol. The molecule has 0 bridgehead atoms. The minimum absolute atomic E-state index is 0.189. The molecule has 2 heterocycles. The number of hydrogen-bond acceptors (Lipinski definition) is 4. The maximum Gasteiger partial charge on any atom is 0.222 e. The van der Waals surface area contributed by atoms with E-state index in [0.29, 0.717) is 25.3 Å². The number of hydrogen-bond donors (Lipinski definition) is 2. The molecule has 0 saturated carbocycles. The van der Waals surface area contributed by atoms with E-state index in [1.54, 1.807) is 30.3 Å². The van der Waals surface area contributed by atoms with E-state index in [4.69, 9.17) is 4.42 Å². The van der Waals surface area contributed by atoms with Crippen LogP contribution in [0.2, 0.25) is 0 Å². The summed E-state index contributed by atoms with van der Waals surface area (Å²) >= 11 is 0. The Labute approximate surface area is 100 Å². The molecule has 2 rings (SSSR count). The first-order valence-corrected chi connectivity index (χ1v) is 5.85. The summed E-state index contributed by atoms with van der Waals surface area (Å²) < 4.78 is 5.12. The third-order valence-corrected chi connectivity index (χ3v) is 3.10. The number of amides is 1. The van der Waals surface area contributed by atoms with E-state index in [1.165, 1.54) is 0 Å². The Morgan fingerprint density at radius 1 is 1.71 bits per heavy atom. The fourth-order valence-corrected chi connectivity index (χ4v) is 2.04. The van der Waals surface area contributed by atoms with Gasteiger partial charge in [-0.05, 0) is 18.6 Å². The molecule has 1 aromatic rings. The molecule has 1 aliphatic heterocycles. The van der Waals surface area contributed by atoms with Gasteiger partial charge in [-0.1, -0.05) is 0 Å². The lowest BCUT2D eigenvalue weighted by Crippen LogP contribution is -2.47. The molecule has 0 radical (unpaired) electrons. The summed E-state index contributed by atoms with van der Waals surface area (Å²) in [7, 11) is 1.80. The molecule has 1 fully saturated rings. The van der Waals surface area contributed by atoms with Gasteiger partial charge in [0.05, 0.1) is 6.26 Å². The number of aliphatic hydroxyl groups excluding tert-OH is 1. The highest BCUT2D eigenvalue weighted by molar-refractivity contribution is 5.76. The van der Waals surface area contributed by atoms with E-state index >= 15 is 0 Å². The van der Waals surface area contributed by atoms with Crippen molar-refractivity contribution < 1.29 is 14.3 Å². The number of carbonyl (C=O) groups excluding carboxylic acids is 1. The van der Waals surface area contributed by atoms with Crippen molar-refractivity contribution >= 4 is 5.91 Å². The zero-order valence-corrected chi connectivity index (χ0v) is 9.93. The van der Waals surface area contributed by atoms with Crippen molar-refractivity contribution in [1.29, 1.82) is 0 Å². The molecule has 5 nitrogen and oxygen atoms in total. The number of likely N-dealkylation sites (N-methyl/N-ethyl adjacent to an activating group) is 1. The Hall–Kier alpha value is -1.33. The van der Waals surface area contributed by atoms with E-state index in [2.05, 4.69) is 5.32 Å². The van der Waals surface area contributed by atoms with Gasteiger partial charge in [-0.25, -0.2) is 0 Å². The molecule has 0 aromatic carbocycles. The highest BCUT2D eigenvalue weighted by Gasteiger charge is 2.23. The number of nitrogens with zero attached hydrogens (tertiary/aromatic N) is 1. The average molecular weight is 238 g/mol. The number of aliphatic hydroxyl groups is 1. The minimum atomic E-state index is -0.632. The zero-order valence-electron chi connectivity index (χ0n) is 9.93. The molecular weight excluding hydrogens is 220 g/mol. The lowest BCUT2D eigenvalue weighted by Gasteiger charge is -2.30. The lowest BCUT2D eigenvalue weighted by molar-refractivity contribution is -0.132. The Bertz CT molecular complexity index is 364. The van der Waals surface area contributed by atoms with Gasteiger partial charge in [-0.3, -0.25) is 4.79 Å². The van der Waals surface area contributed by atoms with Crippen molar-refractivity contribution in [3.63, 3.8) is 0 Å². The van der Waals surface area contributed by atoms with Crippen LogP contribution in [0.15, 0.2) is 22.8 Å². The van der Waals surface area contributed by atoms with Crippen molar-refractivity contribution in [1.82, 2.24) is 10.2 Å². The van der Waals surface area contributed by atoms with Crippen molar-refractivity contribution in [3.05, 3.63) is 24.2 Å². The molecule has 0 aliphatic carbocycles. The molecule has 2 unspecified atom stereocenters. The largest absolute Gasteiger partial charge is 0.467 e. The van der Waals surface area contributed by atoms with Crippen molar-refractivity contribution in [2.45, 2.75) is 25.0 Å². The van der Waals surface area contributed by atoms with Crippen LogP contribution < -0.4 is 5.32 Å². The third-order valence-electron chi connectivity index (χ3n) is 3.10. The van der Waals surface area contributed by atoms with Gasteiger partial charge in [0.25, 0.3) is 0 Å². The Morgan fingerprint density at radius 3 is 3.18 bits per heavy atom. The fourth-order valence-electron chi connectivity index (χ4n) is 2.04. The van der Waals surface area contributed by atoms with Crippen LogP contribution in [0.5, 0.6) is 0 Å². The van der Waals surface area contributed by atoms with Crippen LogP contribution in [0, 0.1) is 0 Å². The molecular formula is C12H18N2O3. The summed E-state index contributed by atoms with van der Waals surface area (Å²) in [4.78, 5) is 13.0. The zero-order chi connectivity index (χ0) is 12.3. The van der Waals surface area contributed by atoms with Crippen LogP contribution in [-0.2, 0) is 4.79 Å². The number of piperidine rings is 1. The number of rotatable bonds is 4. The number of carbonyl (C=O) groups is 1. The Morgan fingerprint density at radius 2 is 2.53 bits per heavy atom. The average Bonchev–Trinajstić information content (AvgIpc) is 2.84. The van der Waals surface area contributed by atoms with E-state index in [0.717, 1.165) is 6.42 Å². The summed E-state index contributed by atoms with van der Waals surface area (Å²) in [5.41, 5.74) is 0. The van der Waals surface area contributed by atoms with Gasteiger partial charge in [0.1, 0.15) is 11.9 Å². The summed E-state index contributed by atoms with van der Waals surface area (Å²) in [6, 6.07) is 3.76. The smallest absolute Gasteiger partial charge is 0.222 e.